The minimum absolute atomic E-state index is 0.308. The first-order chi connectivity index (χ1) is 7.22. The Kier molecular flexibility index (Phi) is 3.35. The Balaban J connectivity index is 3.49. The Labute approximate surface area is 106 Å². The van der Waals surface area contributed by atoms with Gasteiger partial charge in [-0.05, 0) is 0 Å². The molecule has 1 rings (SSSR count). The maximum atomic E-state index is 10.9. The van der Waals surface area contributed by atoms with Crippen LogP contribution in [0.25, 0.3) is 0 Å². The van der Waals surface area contributed by atoms with Gasteiger partial charge in [-0.1, -0.05) is 0 Å². The van der Waals surface area contributed by atoms with Crippen LogP contribution in [-0.4, -0.2) is 4.05 Å². The molecule has 0 unspecified atom stereocenters. The van der Waals surface area contributed by atoms with E-state index in [-0.39, 0.29) is 5.41 Å². The molecule has 16 heavy (non-hydrogen) atoms. The van der Waals surface area contributed by atoms with E-state index >= 15 is 0 Å². The van der Waals surface area contributed by atoms with E-state index in [0.717, 1.165) is 36.5 Å². The predicted molar refractivity (Wildman–Crippen MR) is 59.2 cm³/mol. The van der Waals surface area contributed by atoms with Gasteiger partial charge in [0.1, 0.15) is 0 Å². The minimum atomic E-state index is -1.41. The van der Waals surface area contributed by atoms with Crippen molar-refractivity contribution >= 4 is 0 Å². The van der Waals surface area contributed by atoms with Crippen molar-refractivity contribution in [1.29, 1.82) is 0 Å². The van der Waals surface area contributed by atoms with Gasteiger partial charge >= 0.3 is 106 Å². The molecule has 0 aromatic rings. The first-order valence-electron chi connectivity index (χ1n) is 5.02. The summed E-state index contributed by atoms with van der Waals surface area (Å²) >= 11 is 0.775. The second-order valence-electron chi connectivity index (χ2n) is 4.67. The van der Waals surface area contributed by atoms with Crippen LogP contribution in [-0.2, 0) is 19.8 Å². The third kappa shape index (κ3) is 1.63. The molecule has 87 valence electrons. The zero-order valence-corrected chi connectivity index (χ0v) is 13.1. The van der Waals surface area contributed by atoms with Crippen molar-refractivity contribution < 1.29 is 19.8 Å². The summed E-state index contributed by atoms with van der Waals surface area (Å²) in [5.74, 6) is 0. The summed E-state index contributed by atoms with van der Waals surface area (Å²) in [6.45, 7) is 9.97. The van der Waals surface area contributed by atoms with Crippen molar-refractivity contribution in [2.75, 3.05) is 0 Å². The van der Waals surface area contributed by atoms with Crippen LogP contribution in [0.3, 0.4) is 0 Å². The SMILES string of the molecule is CC1=C(C)C(C)(C)C([C]([W])(N=O)N=O)=C1C. The Morgan fingerprint density at radius 3 is 1.75 bits per heavy atom. The summed E-state index contributed by atoms with van der Waals surface area (Å²) in [5.41, 5.74) is 3.75. The number of allylic oxidation sites excluding steroid dienone is 3. The molecule has 0 saturated heterocycles. The quantitative estimate of drug-likeness (QED) is 0.693. The second-order valence-corrected chi connectivity index (χ2v) is 6.71. The molecule has 0 aromatic heterocycles. The maximum absolute atomic E-state index is 10.9. The standard InChI is InChI=1S/C11H15N2O2.W/c1-6-7(2)9(10(12-14)13-15)11(4,5)8(6)3;/h1-5H3;. The predicted octanol–water partition coefficient (Wildman–Crippen LogP) is 3.41. The van der Waals surface area contributed by atoms with Crippen molar-refractivity contribution in [1.82, 2.24) is 0 Å². The topological polar surface area (TPSA) is 58.9 Å². The van der Waals surface area contributed by atoms with Gasteiger partial charge in [-0.15, -0.1) is 0 Å². The molecule has 0 atom stereocenters. The van der Waals surface area contributed by atoms with Crippen molar-refractivity contribution in [2.24, 2.45) is 15.8 Å². The first kappa shape index (κ1) is 13.4. The summed E-state index contributed by atoms with van der Waals surface area (Å²) in [6, 6.07) is 0. The monoisotopic (exact) mass is 391 g/mol. The van der Waals surface area contributed by atoms with Gasteiger partial charge in [0.05, 0.1) is 0 Å². The van der Waals surface area contributed by atoms with Crippen molar-refractivity contribution in [3.8, 4) is 0 Å². The third-order valence-electron chi connectivity index (χ3n) is 3.64. The molecule has 0 saturated carbocycles. The fraction of sp³-hybridized carbons (Fsp3) is 0.636. The van der Waals surface area contributed by atoms with E-state index in [1.165, 1.54) is 5.57 Å². The zero-order valence-electron chi connectivity index (χ0n) is 10.1. The molecule has 0 fully saturated rings. The molecule has 0 N–H and O–H groups in total. The molecular weight excluding hydrogens is 376 g/mol. The van der Waals surface area contributed by atoms with E-state index in [4.69, 9.17) is 0 Å². The number of rotatable bonds is 3. The molecule has 0 amide bonds. The van der Waals surface area contributed by atoms with Gasteiger partial charge in [-0.2, -0.15) is 0 Å². The Hall–Kier alpha value is -0.632. The van der Waals surface area contributed by atoms with Crippen LogP contribution in [0.5, 0.6) is 0 Å². The van der Waals surface area contributed by atoms with Gasteiger partial charge in [0.25, 0.3) is 0 Å². The second kappa shape index (κ2) is 3.99. The Morgan fingerprint density at radius 2 is 1.50 bits per heavy atom. The normalized spacial score (nSPS) is 20.3. The average molecular weight is 391 g/mol. The van der Waals surface area contributed by atoms with Crippen LogP contribution in [0.15, 0.2) is 32.6 Å². The van der Waals surface area contributed by atoms with E-state index in [1.807, 2.05) is 34.6 Å². The summed E-state index contributed by atoms with van der Waals surface area (Å²) < 4.78 is -1.41. The number of hydrogen-bond acceptors (Lipinski definition) is 4. The van der Waals surface area contributed by atoms with Crippen LogP contribution < -0.4 is 0 Å². The van der Waals surface area contributed by atoms with Crippen molar-refractivity contribution in [3.63, 3.8) is 0 Å². The molecule has 1 aliphatic rings. The molecule has 0 bridgehead atoms. The van der Waals surface area contributed by atoms with Gasteiger partial charge in [-0.3, -0.25) is 0 Å². The van der Waals surface area contributed by atoms with E-state index in [0.29, 0.717) is 0 Å². The zero-order chi connectivity index (χ0) is 12.7. The number of hydrogen-bond donors (Lipinski definition) is 0. The van der Waals surface area contributed by atoms with E-state index in [2.05, 4.69) is 10.4 Å². The molecule has 0 radical (unpaired) electrons. The summed E-state index contributed by atoms with van der Waals surface area (Å²) in [6.07, 6.45) is 0. The van der Waals surface area contributed by atoms with Crippen molar-refractivity contribution in [2.45, 2.75) is 38.7 Å². The molecule has 5 heteroatoms. The number of nitroso groups, excluding NO2 is 2. The van der Waals surface area contributed by atoms with Crippen LogP contribution >= 0.6 is 0 Å². The summed E-state index contributed by atoms with van der Waals surface area (Å²) in [4.78, 5) is 21.8. The van der Waals surface area contributed by atoms with E-state index in [9.17, 15) is 9.81 Å². The average Bonchev–Trinajstić information content (AvgIpc) is 2.39. The molecule has 0 aromatic carbocycles. The van der Waals surface area contributed by atoms with Crippen LogP contribution in [0.1, 0.15) is 34.6 Å². The Bertz CT molecular complexity index is 414. The van der Waals surface area contributed by atoms with Crippen LogP contribution in [0, 0.1) is 15.2 Å². The van der Waals surface area contributed by atoms with Crippen LogP contribution in [0.2, 0.25) is 0 Å². The fourth-order valence-electron chi connectivity index (χ4n) is 2.35. The summed E-state index contributed by atoms with van der Waals surface area (Å²) in [5, 5.41) is 5.92. The van der Waals surface area contributed by atoms with Gasteiger partial charge < -0.3 is 0 Å². The van der Waals surface area contributed by atoms with Gasteiger partial charge in [0.2, 0.25) is 0 Å². The van der Waals surface area contributed by atoms with E-state index in [1.54, 1.807) is 0 Å². The summed E-state index contributed by atoms with van der Waals surface area (Å²) in [7, 11) is 0. The van der Waals surface area contributed by atoms with Gasteiger partial charge in [0, 0.05) is 0 Å². The van der Waals surface area contributed by atoms with Gasteiger partial charge in [-0.25, -0.2) is 0 Å². The first-order valence-corrected chi connectivity index (χ1v) is 6.48. The van der Waals surface area contributed by atoms with Gasteiger partial charge in [0.15, 0.2) is 0 Å². The van der Waals surface area contributed by atoms with E-state index < -0.39 is 4.05 Å². The molecule has 0 spiro atoms. The fourth-order valence-corrected chi connectivity index (χ4v) is 3.82. The van der Waals surface area contributed by atoms with Crippen LogP contribution in [0.4, 0.5) is 0 Å². The van der Waals surface area contributed by atoms with Crippen molar-refractivity contribution in [3.05, 3.63) is 32.1 Å². The molecule has 0 aliphatic heterocycles. The third-order valence-corrected chi connectivity index (χ3v) is 4.90. The molecule has 0 heterocycles. The molecule has 4 nitrogen and oxygen atoms in total. The Morgan fingerprint density at radius 1 is 1.06 bits per heavy atom. The number of nitrogens with zero attached hydrogens (tertiary/aromatic N) is 2. The molecular formula is C11H15N2O2W. The molecule has 1 aliphatic carbocycles.